The Balaban J connectivity index is 1.25. The first-order valence-corrected chi connectivity index (χ1v) is 16.0. The van der Waals surface area contributed by atoms with Crippen LogP contribution >= 0.6 is 0 Å². The van der Waals surface area contributed by atoms with E-state index in [2.05, 4.69) is 108 Å². The van der Waals surface area contributed by atoms with Crippen LogP contribution < -0.4 is 16.0 Å². The quantitative estimate of drug-likeness (QED) is 0.345. The number of likely N-dealkylation sites (N-methyl/N-ethyl adjacent to an activating group) is 1. The molecular formula is C40H39N5O. The van der Waals surface area contributed by atoms with Crippen molar-refractivity contribution in [2.45, 2.75) is 44.2 Å². The average Bonchev–Trinajstić information content (AvgIpc) is 3.87. The summed E-state index contributed by atoms with van der Waals surface area (Å²) >= 11 is 0. The Hall–Kier alpha value is -5.07. The number of allylic oxidation sites excluding steroid dienone is 5. The fraction of sp³-hybridized carbons (Fsp3) is 0.225. The van der Waals surface area contributed by atoms with Crippen molar-refractivity contribution in [1.29, 1.82) is 0 Å². The predicted octanol–water partition coefficient (Wildman–Crippen LogP) is 5.60. The average molecular weight is 606 g/mol. The highest BCUT2D eigenvalue weighted by Gasteiger charge is 2.40. The number of H-pyrrole nitrogens is 1. The fourth-order valence-electron chi connectivity index (χ4n) is 6.81. The summed E-state index contributed by atoms with van der Waals surface area (Å²) in [7, 11) is 4.03. The van der Waals surface area contributed by atoms with Crippen LogP contribution in [0.1, 0.15) is 46.8 Å². The molecule has 0 radical (unpaired) electrons. The number of hydrogen-bond donors (Lipinski definition) is 2. The number of benzene rings is 2. The van der Waals surface area contributed by atoms with E-state index in [-0.39, 0.29) is 5.78 Å². The van der Waals surface area contributed by atoms with Gasteiger partial charge in [0, 0.05) is 22.0 Å². The van der Waals surface area contributed by atoms with Crippen molar-refractivity contribution >= 4 is 29.4 Å². The van der Waals surface area contributed by atoms with Gasteiger partial charge in [-0.15, -0.1) is 0 Å². The van der Waals surface area contributed by atoms with Crippen LogP contribution in [0.15, 0.2) is 130 Å². The smallest absolute Gasteiger partial charge is 0.183 e. The maximum absolute atomic E-state index is 14.3. The van der Waals surface area contributed by atoms with Crippen LogP contribution in [-0.2, 0) is 12.0 Å². The Kier molecular flexibility index (Phi) is 7.53. The van der Waals surface area contributed by atoms with E-state index in [1.165, 1.54) is 5.56 Å². The van der Waals surface area contributed by atoms with E-state index in [1.807, 2.05) is 50.5 Å². The highest BCUT2D eigenvalue weighted by molar-refractivity contribution is 6.20. The molecule has 6 nitrogen and oxygen atoms in total. The van der Waals surface area contributed by atoms with Gasteiger partial charge in [0.2, 0.25) is 0 Å². The predicted molar refractivity (Wildman–Crippen MR) is 188 cm³/mol. The number of aromatic amines is 1. The summed E-state index contributed by atoms with van der Waals surface area (Å²) in [5.74, 6) is 0.137. The van der Waals surface area contributed by atoms with Crippen LogP contribution in [0.4, 0.5) is 0 Å². The molecule has 0 aliphatic carbocycles. The third-order valence-electron chi connectivity index (χ3n) is 9.56. The Labute approximate surface area is 270 Å². The number of carbonyl (C=O) groups excluding carboxylic acids is 1. The van der Waals surface area contributed by atoms with Gasteiger partial charge >= 0.3 is 0 Å². The SMILES string of the molecule is CCC(Cc1ccc(C)cc1)(C(=O)c1ccc(C23C=C4C=CC(=N4)C=c4ccc([nH]4)=CC4=NC(=CC(=CC2)N3)C=C4)cc1)N(C)C. The molecule has 1 aromatic heterocycles. The fourth-order valence-corrected chi connectivity index (χ4v) is 6.81. The molecule has 0 saturated carbocycles. The molecule has 2 aromatic carbocycles. The summed E-state index contributed by atoms with van der Waals surface area (Å²) in [5, 5.41) is 5.78. The van der Waals surface area contributed by atoms with Gasteiger partial charge in [-0.2, -0.15) is 0 Å². The third-order valence-corrected chi connectivity index (χ3v) is 9.56. The van der Waals surface area contributed by atoms with Crippen molar-refractivity contribution in [3.8, 4) is 0 Å². The second-order valence-electron chi connectivity index (χ2n) is 12.8. The first-order chi connectivity index (χ1) is 22.2. The largest absolute Gasteiger partial charge is 0.372 e. The van der Waals surface area contributed by atoms with Crippen molar-refractivity contribution in [2.75, 3.05) is 14.1 Å². The van der Waals surface area contributed by atoms with Gasteiger partial charge in [-0.3, -0.25) is 9.69 Å². The Morgan fingerprint density at radius 1 is 0.848 bits per heavy atom. The minimum Gasteiger partial charge on any atom is -0.372 e. The van der Waals surface area contributed by atoms with Crippen LogP contribution in [0.5, 0.6) is 0 Å². The van der Waals surface area contributed by atoms with Crippen LogP contribution in [0.3, 0.4) is 0 Å². The van der Waals surface area contributed by atoms with Gasteiger partial charge in [0.15, 0.2) is 5.78 Å². The molecule has 0 amide bonds. The van der Waals surface area contributed by atoms with E-state index in [9.17, 15) is 4.79 Å². The molecule has 0 spiro atoms. The van der Waals surface area contributed by atoms with Crippen molar-refractivity contribution in [1.82, 2.24) is 15.2 Å². The third kappa shape index (κ3) is 5.61. The minimum absolute atomic E-state index is 0.137. The molecular weight excluding hydrogens is 566 g/mol. The maximum Gasteiger partial charge on any atom is 0.183 e. The number of Topliss-reactive ketones (excluding diaryl/α,β-unsaturated/α-hetero) is 1. The zero-order chi connectivity index (χ0) is 31.9. The highest BCUT2D eigenvalue weighted by Crippen LogP contribution is 2.37. The molecule has 8 bridgehead atoms. The van der Waals surface area contributed by atoms with E-state index in [1.54, 1.807) is 0 Å². The van der Waals surface area contributed by atoms with E-state index in [0.717, 1.165) is 56.8 Å². The standard InChI is InChI=1S/C40H39N5O/c1-5-40(45(3)4,25-28-8-6-27(2)7-9-28)38(46)29-10-12-30(13-11-29)39-21-20-36(44-39)24-35-17-16-32(42-35)22-31-14-15-33(41-31)23-34-18-19-37(26-39)43-34/h6-20,22-24,26,41,44H,5,21,25H2,1-4H3. The number of nitrogens with zero attached hydrogens (tertiary/aromatic N) is 3. The molecule has 46 heavy (non-hydrogen) atoms. The van der Waals surface area contributed by atoms with Gasteiger partial charge in [-0.05, 0) is 112 Å². The number of carbonyl (C=O) groups is 1. The van der Waals surface area contributed by atoms with Gasteiger partial charge in [0.1, 0.15) is 0 Å². The number of fused-ring (bicyclic) bond motifs is 6. The number of hydrogen-bond acceptors (Lipinski definition) is 5. The Morgan fingerprint density at radius 3 is 2.15 bits per heavy atom. The summed E-state index contributed by atoms with van der Waals surface area (Å²) < 4.78 is 0. The molecule has 230 valence electrons. The molecule has 0 saturated heterocycles. The van der Waals surface area contributed by atoms with E-state index < -0.39 is 11.1 Å². The number of ketones is 1. The zero-order valence-electron chi connectivity index (χ0n) is 26.8. The van der Waals surface area contributed by atoms with E-state index >= 15 is 0 Å². The molecule has 2 unspecified atom stereocenters. The molecule has 4 aliphatic rings. The molecule has 3 aromatic rings. The highest BCUT2D eigenvalue weighted by atomic mass is 16.1. The van der Waals surface area contributed by atoms with Crippen molar-refractivity contribution in [3.05, 3.63) is 153 Å². The summed E-state index contributed by atoms with van der Waals surface area (Å²) in [5.41, 5.74) is 7.57. The second-order valence-corrected chi connectivity index (χ2v) is 12.8. The molecule has 7 rings (SSSR count). The minimum atomic E-state index is -0.646. The topological polar surface area (TPSA) is 72.8 Å². The molecule has 5 heterocycles. The number of aromatic nitrogens is 1. The van der Waals surface area contributed by atoms with Crippen LogP contribution in [-0.4, -0.2) is 46.7 Å². The summed E-state index contributed by atoms with van der Waals surface area (Å²) in [6, 6.07) is 20.8. The van der Waals surface area contributed by atoms with Crippen molar-refractivity contribution in [3.63, 3.8) is 0 Å². The lowest BCUT2D eigenvalue weighted by molar-refractivity contribution is 0.0666. The first kappa shape index (κ1) is 29.6. The molecule has 0 fully saturated rings. The maximum atomic E-state index is 14.3. The van der Waals surface area contributed by atoms with Gasteiger partial charge < -0.3 is 10.3 Å². The van der Waals surface area contributed by atoms with Gasteiger partial charge in [0.05, 0.1) is 33.9 Å². The molecule has 6 heteroatoms. The summed E-state index contributed by atoms with van der Waals surface area (Å²) in [6.45, 7) is 4.19. The van der Waals surface area contributed by atoms with Crippen LogP contribution in [0.2, 0.25) is 0 Å². The first-order valence-electron chi connectivity index (χ1n) is 16.0. The van der Waals surface area contributed by atoms with Crippen molar-refractivity contribution in [2.24, 2.45) is 9.98 Å². The Morgan fingerprint density at radius 2 is 1.50 bits per heavy atom. The summed E-state index contributed by atoms with van der Waals surface area (Å²) in [6.07, 6.45) is 20.9. The van der Waals surface area contributed by atoms with Crippen molar-refractivity contribution < 1.29 is 4.79 Å². The van der Waals surface area contributed by atoms with Crippen LogP contribution in [0.25, 0.3) is 12.2 Å². The number of rotatable bonds is 7. The van der Waals surface area contributed by atoms with E-state index in [0.29, 0.717) is 18.4 Å². The van der Waals surface area contributed by atoms with E-state index in [4.69, 9.17) is 9.98 Å². The van der Waals surface area contributed by atoms with Crippen LogP contribution in [0, 0.1) is 6.92 Å². The lowest BCUT2D eigenvalue weighted by atomic mass is 9.79. The molecule has 2 N–H and O–H groups in total. The Bertz CT molecular complexity index is 2050. The summed E-state index contributed by atoms with van der Waals surface area (Å²) in [4.78, 5) is 29.6. The molecule has 2 atom stereocenters. The zero-order valence-corrected chi connectivity index (χ0v) is 26.8. The normalized spacial score (nSPS) is 20.9. The van der Waals surface area contributed by atoms with Gasteiger partial charge in [0.25, 0.3) is 0 Å². The number of aryl methyl sites for hydroxylation is 1. The lowest BCUT2D eigenvalue weighted by Crippen LogP contribution is -2.52. The number of nitrogens with one attached hydrogen (secondary N) is 2. The van der Waals surface area contributed by atoms with Gasteiger partial charge in [-0.1, -0.05) is 67.1 Å². The number of aliphatic imine (C=N–C) groups is 2. The monoisotopic (exact) mass is 605 g/mol. The van der Waals surface area contributed by atoms with Gasteiger partial charge in [-0.25, -0.2) is 9.98 Å². The lowest BCUT2D eigenvalue weighted by Gasteiger charge is -2.38. The molecule has 4 aliphatic heterocycles. The second kappa shape index (κ2) is 11.7.